The zero-order chi connectivity index (χ0) is 16.9. The zero-order valence-electron chi connectivity index (χ0n) is 14.4. The van der Waals surface area contributed by atoms with E-state index >= 15 is 0 Å². The third-order valence-corrected chi connectivity index (χ3v) is 5.25. The van der Waals surface area contributed by atoms with Gasteiger partial charge in [-0.2, -0.15) is 5.32 Å². The Hall–Kier alpha value is -1.75. The predicted molar refractivity (Wildman–Crippen MR) is 95.6 cm³/mol. The van der Waals surface area contributed by atoms with Crippen molar-refractivity contribution in [2.45, 2.75) is 57.6 Å². The van der Waals surface area contributed by atoms with Crippen molar-refractivity contribution in [1.29, 1.82) is 0 Å². The minimum Gasteiger partial charge on any atom is -0.393 e. The number of aliphatic hydroxyl groups excluding tert-OH is 1. The second kappa shape index (κ2) is 7.88. The third kappa shape index (κ3) is 4.63. The Balaban J connectivity index is 1.48. The van der Waals surface area contributed by atoms with Crippen LogP contribution in [0.5, 0.6) is 0 Å². The van der Waals surface area contributed by atoms with Gasteiger partial charge in [-0.1, -0.05) is 6.92 Å². The number of urea groups is 1. The summed E-state index contributed by atoms with van der Waals surface area (Å²) in [6.45, 7) is 4.52. The van der Waals surface area contributed by atoms with Crippen LogP contribution in [0, 0.1) is 5.92 Å². The molecule has 1 aromatic carbocycles. The lowest BCUT2D eigenvalue weighted by Crippen LogP contribution is -2.40. The van der Waals surface area contributed by atoms with E-state index in [1.165, 1.54) is 18.5 Å². The van der Waals surface area contributed by atoms with E-state index in [0.29, 0.717) is 5.69 Å². The molecule has 2 fully saturated rings. The Kier molecular flexibility index (Phi) is 5.61. The molecule has 1 saturated heterocycles. The molecule has 131 valence electrons. The molecule has 1 aliphatic heterocycles. The summed E-state index contributed by atoms with van der Waals surface area (Å²) in [4.78, 5) is 14.4. The maximum Gasteiger partial charge on any atom is 0.341 e. The number of nitrogens with one attached hydrogen (secondary N) is 1. The van der Waals surface area contributed by atoms with E-state index in [4.69, 9.17) is 0 Å². The monoisotopic (exact) mass is 330 g/mol. The first-order chi connectivity index (χ1) is 11.6. The molecule has 5 nitrogen and oxygen atoms in total. The summed E-state index contributed by atoms with van der Waals surface area (Å²) in [6, 6.07) is 7.79. The molecule has 2 amide bonds. The fourth-order valence-corrected chi connectivity index (χ4v) is 3.55. The number of nitrogens with zero attached hydrogens (tertiary/aromatic N) is 2. The molecule has 0 atom stereocenters. The number of hydrogen-bond acceptors (Lipinski definition) is 3. The minimum absolute atomic E-state index is 0.138. The fourth-order valence-electron chi connectivity index (χ4n) is 3.55. The number of amides is 2. The molecule has 1 radical (unpaired) electrons. The van der Waals surface area contributed by atoms with Crippen LogP contribution in [0.3, 0.4) is 0 Å². The van der Waals surface area contributed by atoms with Crippen LogP contribution in [0.2, 0.25) is 0 Å². The van der Waals surface area contributed by atoms with Crippen LogP contribution in [-0.4, -0.2) is 36.4 Å². The maximum atomic E-state index is 12.0. The molecule has 3 rings (SSSR count). The molecule has 1 aromatic rings. The van der Waals surface area contributed by atoms with Crippen molar-refractivity contribution in [3.8, 4) is 0 Å². The van der Waals surface area contributed by atoms with Gasteiger partial charge >= 0.3 is 6.03 Å². The van der Waals surface area contributed by atoms with Crippen LogP contribution in [0.4, 0.5) is 16.2 Å². The van der Waals surface area contributed by atoms with Crippen molar-refractivity contribution >= 4 is 17.4 Å². The van der Waals surface area contributed by atoms with Crippen molar-refractivity contribution in [1.82, 2.24) is 10.6 Å². The average Bonchev–Trinajstić information content (AvgIpc) is 2.58. The smallest absolute Gasteiger partial charge is 0.341 e. The second-order valence-electron chi connectivity index (χ2n) is 7.25. The molecule has 1 heterocycles. The quantitative estimate of drug-likeness (QED) is 0.894. The van der Waals surface area contributed by atoms with E-state index in [0.717, 1.165) is 44.7 Å². The van der Waals surface area contributed by atoms with E-state index in [9.17, 15) is 9.90 Å². The number of aliphatic hydroxyl groups is 1. The lowest BCUT2D eigenvalue weighted by molar-refractivity contribution is 0.118. The van der Waals surface area contributed by atoms with Crippen molar-refractivity contribution in [2.75, 3.05) is 18.0 Å². The third-order valence-electron chi connectivity index (χ3n) is 5.25. The van der Waals surface area contributed by atoms with Crippen LogP contribution in [-0.2, 0) is 0 Å². The molecule has 2 aliphatic rings. The Labute approximate surface area is 144 Å². The number of piperidine rings is 1. The number of carbonyl (C=O) groups is 1. The first-order valence-corrected chi connectivity index (χ1v) is 9.15. The molecule has 0 unspecified atom stereocenters. The van der Waals surface area contributed by atoms with Gasteiger partial charge in [0.2, 0.25) is 0 Å². The van der Waals surface area contributed by atoms with Crippen LogP contribution in [0.25, 0.3) is 0 Å². The molecule has 5 heteroatoms. The Bertz CT molecular complexity index is 530. The molecule has 2 N–H and O–H groups in total. The molecule has 0 bridgehead atoms. The highest BCUT2D eigenvalue weighted by Crippen LogP contribution is 2.24. The normalized spacial score (nSPS) is 25.3. The van der Waals surface area contributed by atoms with Gasteiger partial charge < -0.3 is 15.3 Å². The predicted octanol–water partition coefficient (Wildman–Crippen LogP) is 3.17. The highest BCUT2D eigenvalue weighted by Gasteiger charge is 2.21. The minimum atomic E-state index is -0.282. The second-order valence-corrected chi connectivity index (χ2v) is 7.25. The first-order valence-electron chi connectivity index (χ1n) is 9.15. The summed E-state index contributed by atoms with van der Waals surface area (Å²) in [5, 5.41) is 16.6. The van der Waals surface area contributed by atoms with E-state index in [2.05, 4.69) is 34.6 Å². The topological polar surface area (TPSA) is 66.7 Å². The van der Waals surface area contributed by atoms with Crippen molar-refractivity contribution in [3.63, 3.8) is 0 Å². The Morgan fingerprint density at radius 1 is 1.08 bits per heavy atom. The van der Waals surface area contributed by atoms with Crippen molar-refractivity contribution in [2.24, 2.45) is 5.92 Å². The summed E-state index contributed by atoms with van der Waals surface area (Å²) in [5.74, 6) is 0.820. The van der Waals surface area contributed by atoms with Crippen molar-refractivity contribution < 1.29 is 9.90 Å². The van der Waals surface area contributed by atoms with E-state index in [1.54, 1.807) is 0 Å². The summed E-state index contributed by atoms with van der Waals surface area (Å²) in [7, 11) is 0. The van der Waals surface area contributed by atoms with Crippen LogP contribution in [0.1, 0.15) is 45.4 Å². The standard InChI is InChI=1S/C19H28N3O2/c1-14-10-12-22(13-11-14)17-6-2-15(3-7-17)20-19(24)21-16-4-8-18(23)9-5-16/h2-3,6-7,14,16,18,23H,4-5,8-13H2,1H3,(H,21,24). The summed E-state index contributed by atoms with van der Waals surface area (Å²) >= 11 is 0. The van der Waals surface area contributed by atoms with Crippen LogP contribution >= 0.6 is 0 Å². The van der Waals surface area contributed by atoms with Gasteiger partial charge in [0.1, 0.15) is 0 Å². The number of hydrogen-bond donors (Lipinski definition) is 2. The van der Waals surface area contributed by atoms with E-state index < -0.39 is 0 Å². The van der Waals surface area contributed by atoms with Gasteiger partial charge in [-0.15, -0.1) is 0 Å². The Morgan fingerprint density at radius 3 is 2.33 bits per heavy atom. The van der Waals surface area contributed by atoms with Gasteiger partial charge in [-0.05, 0) is 68.7 Å². The van der Waals surface area contributed by atoms with Crippen LogP contribution < -0.4 is 15.5 Å². The molecule has 1 saturated carbocycles. The van der Waals surface area contributed by atoms with Gasteiger partial charge in [0, 0.05) is 24.8 Å². The molecule has 1 aliphatic carbocycles. The number of benzene rings is 1. The highest BCUT2D eigenvalue weighted by molar-refractivity contribution is 5.79. The fraction of sp³-hybridized carbons (Fsp3) is 0.632. The molecule has 0 spiro atoms. The lowest BCUT2D eigenvalue weighted by atomic mass is 9.93. The molecule has 0 aromatic heterocycles. The van der Waals surface area contributed by atoms with Gasteiger partial charge in [0.05, 0.1) is 11.8 Å². The lowest BCUT2D eigenvalue weighted by Gasteiger charge is -2.32. The maximum absolute atomic E-state index is 12.0. The van der Waals surface area contributed by atoms with E-state index in [-0.39, 0.29) is 18.2 Å². The van der Waals surface area contributed by atoms with Gasteiger partial charge in [-0.3, -0.25) is 0 Å². The first kappa shape index (κ1) is 17.1. The number of anilines is 1. The highest BCUT2D eigenvalue weighted by atomic mass is 16.3. The van der Waals surface area contributed by atoms with Gasteiger partial charge in [0.15, 0.2) is 0 Å². The number of rotatable bonds is 3. The molecular formula is C19H28N3O2. The largest absolute Gasteiger partial charge is 0.393 e. The summed E-state index contributed by atoms with van der Waals surface area (Å²) in [6.07, 6.45) is 5.45. The van der Waals surface area contributed by atoms with Crippen molar-refractivity contribution in [3.05, 3.63) is 24.3 Å². The van der Waals surface area contributed by atoms with Crippen LogP contribution in [0.15, 0.2) is 24.3 Å². The summed E-state index contributed by atoms with van der Waals surface area (Å²) in [5.41, 5.74) is 1.90. The SMILES string of the molecule is CC1CCN(c2ccc([N]C(=O)NC3CCC(O)CC3)cc2)CC1. The average molecular weight is 330 g/mol. The summed E-state index contributed by atoms with van der Waals surface area (Å²) < 4.78 is 0. The number of carbonyl (C=O) groups excluding carboxylic acids is 1. The molecular weight excluding hydrogens is 302 g/mol. The van der Waals surface area contributed by atoms with Gasteiger partial charge in [-0.25, -0.2) is 4.79 Å². The van der Waals surface area contributed by atoms with Gasteiger partial charge in [0.25, 0.3) is 0 Å². The zero-order valence-corrected chi connectivity index (χ0v) is 14.4. The molecule has 24 heavy (non-hydrogen) atoms. The Morgan fingerprint density at radius 2 is 1.71 bits per heavy atom. The van der Waals surface area contributed by atoms with E-state index in [1.807, 2.05) is 12.1 Å².